The minimum atomic E-state index is -1.22. The number of rotatable bonds is 5. The zero-order valence-corrected chi connectivity index (χ0v) is 13.7. The third-order valence-corrected chi connectivity index (χ3v) is 4.82. The standard InChI is InChI=1S/C14H19N3O3S/c1-9-6-11(19-4)12(20-5)7-13(9)21(18)8-14-16-15-10(2)17(14)3/h6-7H,8H2,1-5H3/t21-/m0/s1. The Balaban J connectivity index is 2.33. The highest BCUT2D eigenvalue weighted by atomic mass is 32.2. The van der Waals surface area contributed by atoms with Crippen LogP contribution in [-0.4, -0.2) is 33.2 Å². The molecule has 1 aromatic carbocycles. The van der Waals surface area contributed by atoms with Gasteiger partial charge in [-0.15, -0.1) is 10.2 Å². The summed E-state index contributed by atoms with van der Waals surface area (Å²) in [5.74, 6) is 3.00. The first-order chi connectivity index (χ1) is 9.97. The molecule has 0 saturated carbocycles. The molecule has 2 aromatic rings. The summed E-state index contributed by atoms with van der Waals surface area (Å²) in [7, 11) is 3.78. The Morgan fingerprint density at radius 1 is 1.14 bits per heavy atom. The second-order valence-electron chi connectivity index (χ2n) is 4.69. The smallest absolute Gasteiger partial charge is 0.161 e. The molecule has 7 heteroatoms. The maximum absolute atomic E-state index is 12.6. The van der Waals surface area contributed by atoms with E-state index in [1.165, 1.54) is 0 Å². The molecule has 0 radical (unpaired) electrons. The van der Waals surface area contributed by atoms with E-state index in [0.29, 0.717) is 28.0 Å². The number of hydrogen-bond donors (Lipinski definition) is 0. The zero-order chi connectivity index (χ0) is 15.6. The van der Waals surface area contributed by atoms with E-state index in [1.807, 2.05) is 31.5 Å². The van der Waals surface area contributed by atoms with Crippen molar-refractivity contribution in [3.05, 3.63) is 29.3 Å². The van der Waals surface area contributed by atoms with Gasteiger partial charge in [0.1, 0.15) is 11.6 Å². The van der Waals surface area contributed by atoms with Gasteiger partial charge in [-0.3, -0.25) is 4.21 Å². The minimum Gasteiger partial charge on any atom is -0.493 e. The molecule has 0 aliphatic rings. The van der Waals surface area contributed by atoms with Gasteiger partial charge in [0.15, 0.2) is 11.5 Å². The Bertz CT molecular complexity index is 682. The van der Waals surface area contributed by atoms with Crippen LogP contribution in [0.5, 0.6) is 11.5 Å². The number of nitrogens with zero attached hydrogens (tertiary/aromatic N) is 3. The predicted molar refractivity (Wildman–Crippen MR) is 80.1 cm³/mol. The first-order valence-corrected chi connectivity index (χ1v) is 7.75. The molecule has 0 spiro atoms. The van der Waals surface area contributed by atoms with E-state index in [1.54, 1.807) is 20.3 Å². The largest absolute Gasteiger partial charge is 0.493 e. The second-order valence-corrected chi connectivity index (χ2v) is 6.10. The van der Waals surface area contributed by atoms with Gasteiger partial charge >= 0.3 is 0 Å². The van der Waals surface area contributed by atoms with Crippen molar-refractivity contribution < 1.29 is 13.7 Å². The van der Waals surface area contributed by atoms with E-state index in [-0.39, 0.29) is 0 Å². The number of ether oxygens (including phenoxy) is 2. The van der Waals surface area contributed by atoms with Gasteiger partial charge in [0.25, 0.3) is 0 Å². The highest BCUT2D eigenvalue weighted by Gasteiger charge is 2.16. The van der Waals surface area contributed by atoms with Crippen molar-refractivity contribution in [1.29, 1.82) is 0 Å². The molecule has 0 saturated heterocycles. The molecule has 0 N–H and O–H groups in total. The quantitative estimate of drug-likeness (QED) is 0.842. The van der Waals surface area contributed by atoms with Gasteiger partial charge in [-0.05, 0) is 25.5 Å². The Hall–Kier alpha value is -1.89. The number of benzene rings is 1. The van der Waals surface area contributed by atoms with E-state index in [4.69, 9.17) is 9.47 Å². The molecular formula is C14H19N3O3S. The summed E-state index contributed by atoms with van der Waals surface area (Å²) in [5, 5.41) is 8.03. The van der Waals surface area contributed by atoms with Gasteiger partial charge in [0.05, 0.1) is 30.8 Å². The van der Waals surface area contributed by atoms with Crippen molar-refractivity contribution in [2.24, 2.45) is 7.05 Å². The van der Waals surface area contributed by atoms with Crippen LogP contribution in [0, 0.1) is 13.8 Å². The van der Waals surface area contributed by atoms with Crippen LogP contribution in [0.25, 0.3) is 0 Å². The summed E-state index contributed by atoms with van der Waals surface area (Å²) in [6.45, 7) is 3.76. The number of hydrogen-bond acceptors (Lipinski definition) is 5. The van der Waals surface area contributed by atoms with Crippen LogP contribution in [0.3, 0.4) is 0 Å². The Morgan fingerprint density at radius 2 is 1.76 bits per heavy atom. The summed E-state index contributed by atoms with van der Waals surface area (Å²) in [6.07, 6.45) is 0. The fourth-order valence-electron chi connectivity index (χ4n) is 1.98. The second kappa shape index (κ2) is 6.26. The van der Waals surface area contributed by atoms with Crippen LogP contribution in [-0.2, 0) is 23.6 Å². The molecular weight excluding hydrogens is 290 g/mol. The Labute approximate surface area is 126 Å². The summed E-state index contributed by atoms with van der Waals surface area (Å²) < 4.78 is 24.9. The third-order valence-electron chi connectivity index (χ3n) is 3.37. The lowest BCUT2D eigenvalue weighted by Crippen LogP contribution is -2.06. The monoisotopic (exact) mass is 309 g/mol. The lowest BCUT2D eigenvalue weighted by molar-refractivity contribution is 0.353. The molecule has 6 nitrogen and oxygen atoms in total. The van der Waals surface area contributed by atoms with Gasteiger partial charge in [0, 0.05) is 18.0 Å². The maximum Gasteiger partial charge on any atom is 0.161 e. The summed E-state index contributed by atoms with van der Waals surface area (Å²) in [4.78, 5) is 0.716. The Kier molecular flexibility index (Phi) is 4.62. The van der Waals surface area contributed by atoms with Crippen LogP contribution in [0.2, 0.25) is 0 Å². The number of aryl methyl sites for hydroxylation is 2. The highest BCUT2D eigenvalue weighted by Crippen LogP contribution is 2.32. The Morgan fingerprint density at radius 3 is 2.29 bits per heavy atom. The van der Waals surface area contributed by atoms with Gasteiger partial charge in [-0.25, -0.2) is 0 Å². The molecule has 114 valence electrons. The molecule has 1 aromatic heterocycles. The van der Waals surface area contributed by atoms with Crippen LogP contribution >= 0.6 is 0 Å². The molecule has 1 atom stereocenters. The zero-order valence-electron chi connectivity index (χ0n) is 12.8. The first kappa shape index (κ1) is 15.5. The average molecular weight is 309 g/mol. The fourth-order valence-corrected chi connectivity index (χ4v) is 3.28. The molecule has 0 aliphatic heterocycles. The molecule has 0 amide bonds. The van der Waals surface area contributed by atoms with Crippen molar-refractivity contribution in [3.63, 3.8) is 0 Å². The summed E-state index contributed by atoms with van der Waals surface area (Å²) in [5.41, 5.74) is 0.893. The average Bonchev–Trinajstić information content (AvgIpc) is 2.78. The van der Waals surface area contributed by atoms with E-state index in [0.717, 1.165) is 11.4 Å². The molecule has 0 aliphatic carbocycles. The van der Waals surface area contributed by atoms with Gasteiger partial charge in [0.2, 0.25) is 0 Å². The molecule has 1 heterocycles. The first-order valence-electron chi connectivity index (χ1n) is 6.43. The van der Waals surface area contributed by atoms with Gasteiger partial charge in [-0.1, -0.05) is 0 Å². The van der Waals surface area contributed by atoms with E-state index in [2.05, 4.69) is 10.2 Å². The van der Waals surface area contributed by atoms with Crippen LogP contribution in [0.1, 0.15) is 17.2 Å². The normalized spacial score (nSPS) is 12.2. The lowest BCUT2D eigenvalue weighted by Gasteiger charge is -2.12. The SMILES string of the molecule is COc1cc(C)c([S@@](=O)Cc2nnc(C)n2C)cc1OC. The minimum absolute atomic E-state index is 0.313. The maximum atomic E-state index is 12.6. The topological polar surface area (TPSA) is 66.2 Å². The molecule has 0 unspecified atom stereocenters. The highest BCUT2D eigenvalue weighted by molar-refractivity contribution is 7.84. The molecule has 21 heavy (non-hydrogen) atoms. The van der Waals surface area contributed by atoms with Crippen molar-refractivity contribution in [2.75, 3.05) is 14.2 Å². The van der Waals surface area contributed by atoms with Crippen LogP contribution in [0.4, 0.5) is 0 Å². The van der Waals surface area contributed by atoms with Gasteiger partial charge in [-0.2, -0.15) is 0 Å². The molecule has 0 bridgehead atoms. The van der Waals surface area contributed by atoms with Crippen molar-refractivity contribution >= 4 is 10.8 Å². The third kappa shape index (κ3) is 3.07. The number of methoxy groups -OCH3 is 2. The van der Waals surface area contributed by atoms with E-state index in [9.17, 15) is 4.21 Å². The van der Waals surface area contributed by atoms with Crippen LogP contribution < -0.4 is 9.47 Å². The van der Waals surface area contributed by atoms with Crippen molar-refractivity contribution in [3.8, 4) is 11.5 Å². The van der Waals surface area contributed by atoms with Crippen molar-refractivity contribution in [1.82, 2.24) is 14.8 Å². The van der Waals surface area contributed by atoms with Crippen LogP contribution in [0.15, 0.2) is 17.0 Å². The molecule has 2 rings (SSSR count). The fraction of sp³-hybridized carbons (Fsp3) is 0.429. The summed E-state index contributed by atoms with van der Waals surface area (Å²) >= 11 is 0. The van der Waals surface area contributed by atoms with Crippen molar-refractivity contribution in [2.45, 2.75) is 24.5 Å². The predicted octanol–water partition coefficient (Wildman–Crippen LogP) is 1.76. The number of aromatic nitrogens is 3. The van der Waals surface area contributed by atoms with E-state index < -0.39 is 10.8 Å². The van der Waals surface area contributed by atoms with Gasteiger partial charge < -0.3 is 14.0 Å². The van der Waals surface area contributed by atoms with E-state index >= 15 is 0 Å². The molecule has 0 fully saturated rings. The summed E-state index contributed by atoms with van der Waals surface area (Å²) in [6, 6.07) is 3.58. The lowest BCUT2D eigenvalue weighted by atomic mass is 10.2.